The van der Waals surface area contributed by atoms with Crippen molar-refractivity contribution in [3.8, 4) is 0 Å². The van der Waals surface area contributed by atoms with Gasteiger partial charge in [0.1, 0.15) is 12.1 Å². The molecule has 1 aromatic carbocycles. The zero-order valence-corrected chi connectivity index (χ0v) is 13.8. The molecule has 7 heteroatoms. The molecule has 1 aromatic heterocycles. The number of furan rings is 1. The second kappa shape index (κ2) is 5.99. The van der Waals surface area contributed by atoms with Gasteiger partial charge in [-0.2, -0.15) is 0 Å². The van der Waals surface area contributed by atoms with Gasteiger partial charge in [0.15, 0.2) is 0 Å². The van der Waals surface area contributed by atoms with Crippen LogP contribution < -0.4 is 10.7 Å². The van der Waals surface area contributed by atoms with E-state index in [1.165, 1.54) is 5.56 Å². The molecule has 24 heavy (non-hydrogen) atoms. The van der Waals surface area contributed by atoms with Crippen molar-refractivity contribution in [3.63, 3.8) is 0 Å². The molecule has 0 spiro atoms. The van der Waals surface area contributed by atoms with E-state index < -0.39 is 11.9 Å². The number of hydrazine groups is 1. The molecule has 2 heterocycles. The van der Waals surface area contributed by atoms with Gasteiger partial charge >= 0.3 is 6.03 Å². The third-order valence-electron chi connectivity index (χ3n) is 4.07. The van der Waals surface area contributed by atoms with Crippen molar-refractivity contribution in [1.29, 1.82) is 0 Å². The van der Waals surface area contributed by atoms with E-state index >= 15 is 0 Å². The first kappa shape index (κ1) is 16.0. The number of carbonyl (C=O) groups is 3. The Labute approximate surface area is 139 Å². The van der Waals surface area contributed by atoms with Gasteiger partial charge in [-0.25, -0.2) is 9.80 Å². The average Bonchev–Trinajstić information content (AvgIpc) is 3.01. The van der Waals surface area contributed by atoms with Gasteiger partial charge in [0.2, 0.25) is 11.8 Å². The predicted molar refractivity (Wildman–Crippen MR) is 87.1 cm³/mol. The molecule has 0 radical (unpaired) electrons. The number of imide groups is 1. The molecule has 0 saturated carbocycles. The highest BCUT2D eigenvalue weighted by Gasteiger charge is 2.28. The maximum absolute atomic E-state index is 12.2. The van der Waals surface area contributed by atoms with E-state index in [0.29, 0.717) is 5.92 Å². The van der Waals surface area contributed by atoms with Crippen molar-refractivity contribution in [2.45, 2.75) is 33.1 Å². The molecule has 1 fully saturated rings. The highest BCUT2D eigenvalue weighted by atomic mass is 16.3. The quantitative estimate of drug-likeness (QED) is 0.839. The van der Waals surface area contributed by atoms with Crippen LogP contribution in [-0.2, 0) is 16.0 Å². The SMILES string of the molecule is Cc1cc2occ(CC(=O)NN3CC(=O)NC3=O)c2cc1C(C)C. The number of nitrogens with one attached hydrogen (secondary N) is 2. The van der Waals surface area contributed by atoms with Crippen molar-refractivity contribution >= 4 is 28.8 Å². The van der Waals surface area contributed by atoms with E-state index in [-0.39, 0.29) is 18.9 Å². The molecule has 2 N–H and O–H groups in total. The number of urea groups is 1. The Morgan fingerprint density at radius 1 is 1.38 bits per heavy atom. The summed E-state index contributed by atoms with van der Waals surface area (Å²) >= 11 is 0. The molecule has 0 atom stereocenters. The highest BCUT2D eigenvalue weighted by Crippen LogP contribution is 2.29. The zero-order valence-electron chi connectivity index (χ0n) is 13.8. The maximum Gasteiger partial charge on any atom is 0.343 e. The van der Waals surface area contributed by atoms with E-state index in [0.717, 1.165) is 27.1 Å². The fourth-order valence-electron chi connectivity index (χ4n) is 2.90. The van der Waals surface area contributed by atoms with Crippen LogP contribution in [0.2, 0.25) is 0 Å². The van der Waals surface area contributed by atoms with Crippen molar-refractivity contribution in [2.75, 3.05) is 6.54 Å². The first-order valence-corrected chi connectivity index (χ1v) is 7.76. The van der Waals surface area contributed by atoms with Crippen LogP contribution in [0.25, 0.3) is 11.0 Å². The van der Waals surface area contributed by atoms with Crippen LogP contribution in [0.15, 0.2) is 22.8 Å². The smallest absolute Gasteiger partial charge is 0.343 e. The first-order valence-electron chi connectivity index (χ1n) is 7.76. The summed E-state index contributed by atoms with van der Waals surface area (Å²) in [5, 5.41) is 3.96. The van der Waals surface area contributed by atoms with Gasteiger partial charge < -0.3 is 4.42 Å². The van der Waals surface area contributed by atoms with Gasteiger partial charge in [0, 0.05) is 10.9 Å². The summed E-state index contributed by atoms with van der Waals surface area (Å²) < 4.78 is 5.55. The Kier molecular flexibility index (Phi) is 4.01. The summed E-state index contributed by atoms with van der Waals surface area (Å²) in [7, 11) is 0. The Hall–Kier alpha value is -2.83. The second-order valence-electron chi connectivity index (χ2n) is 6.27. The molecule has 0 bridgehead atoms. The van der Waals surface area contributed by atoms with Gasteiger partial charge in [-0.3, -0.25) is 20.3 Å². The predicted octanol–water partition coefficient (Wildman–Crippen LogP) is 1.99. The van der Waals surface area contributed by atoms with E-state index in [1.54, 1.807) is 6.26 Å². The molecule has 1 aliphatic rings. The number of carbonyl (C=O) groups excluding carboxylic acids is 3. The lowest BCUT2D eigenvalue weighted by Crippen LogP contribution is -2.44. The standard InChI is InChI=1S/C17H19N3O4/c1-9(2)12-6-13-11(8-24-14(13)4-10(12)3)5-15(21)19-20-7-16(22)18-17(20)23/h4,6,8-9H,5,7H2,1-3H3,(H,19,21)(H,18,22,23). The molecule has 7 nitrogen and oxygen atoms in total. The number of hydrogen-bond acceptors (Lipinski definition) is 4. The van der Waals surface area contributed by atoms with Gasteiger partial charge in [-0.15, -0.1) is 0 Å². The minimum atomic E-state index is -0.622. The molecule has 0 unspecified atom stereocenters. The number of nitrogens with zero attached hydrogens (tertiary/aromatic N) is 1. The van der Waals surface area contributed by atoms with Gasteiger partial charge in [-0.05, 0) is 36.1 Å². The molecule has 3 rings (SSSR count). The minimum Gasteiger partial charge on any atom is -0.464 e. The molecule has 126 valence electrons. The van der Waals surface area contributed by atoms with E-state index in [1.807, 2.05) is 19.1 Å². The summed E-state index contributed by atoms with van der Waals surface area (Å²) in [5.41, 5.74) is 6.26. The Morgan fingerprint density at radius 3 is 2.75 bits per heavy atom. The molecule has 4 amide bonds. The van der Waals surface area contributed by atoms with Crippen LogP contribution in [0.4, 0.5) is 4.79 Å². The highest BCUT2D eigenvalue weighted by molar-refractivity contribution is 6.02. The third-order valence-corrected chi connectivity index (χ3v) is 4.07. The van der Waals surface area contributed by atoms with Crippen LogP contribution >= 0.6 is 0 Å². The van der Waals surface area contributed by atoms with Crippen LogP contribution in [0.3, 0.4) is 0 Å². The molecular weight excluding hydrogens is 310 g/mol. The van der Waals surface area contributed by atoms with Crippen LogP contribution in [0.1, 0.15) is 36.5 Å². The first-order chi connectivity index (χ1) is 11.3. The zero-order chi connectivity index (χ0) is 17.4. The van der Waals surface area contributed by atoms with Gasteiger partial charge in [0.05, 0.1) is 12.7 Å². The lowest BCUT2D eigenvalue weighted by molar-refractivity contribution is -0.124. The summed E-state index contributed by atoms with van der Waals surface area (Å²) in [5.74, 6) is -0.453. The molecule has 0 aliphatic carbocycles. The average molecular weight is 329 g/mol. The molecule has 1 saturated heterocycles. The Balaban J connectivity index is 1.80. The molecule has 1 aliphatic heterocycles. The van der Waals surface area contributed by atoms with Crippen molar-refractivity contribution in [3.05, 3.63) is 35.1 Å². The number of aryl methyl sites for hydroxylation is 1. The molecule has 2 aromatic rings. The number of fused-ring (bicyclic) bond motifs is 1. The van der Waals surface area contributed by atoms with Crippen molar-refractivity contribution in [1.82, 2.24) is 15.8 Å². The van der Waals surface area contributed by atoms with Crippen molar-refractivity contribution in [2.24, 2.45) is 0 Å². The van der Waals surface area contributed by atoms with Crippen molar-refractivity contribution < 1.29 is 18.8 Å². The number of hydrogen-bond donors (Lipinski definition) is 2. The topological polar surface area (TPSA) is 91.7 Å². The number of amides is 4. The summed E-state index contributed by atoms with van der Waals surface area (Å²) in [4.78, 5) is 34.7. The maximum atomic E-state index is 12.2. The van der Waals surface area contributed by atoms with Gasteiger partial charge in [0.25, 0.3) is 0 Å². The van der Waals surface area contributed by atoms with E-state index in [2.05, 4.69) is 24.6 Å². The monoisotopic (exact) mass is 329 g/mol. The van der Waals surface area contributed by atoms with E-state index in [4.69, 9.17) is 4.42 Å². The minimum absolute atomic E-state index is 0.0611. The van der Waals surface area contributed by atoms with Crippen LogP contribution in [0.5, 0.6) is 0 Å². The lowest BCUT2D eigenvalue weighted by atomic mass is 9.95. The second-order valence-corrected chi connectivity index (χ2v) is 6.27. The third kappa shape index (κ3) is 2.97. The summed E-state index contributed by atoms with van der Waals surface area (Å²) in [6.07, 6.45) is 1.62. The fraction of sp³-hybridized carbons (Fsp3) is 0.353. The number of rotatable bonds is 4. The summed E-state index contributed by atoms with van der Waals surface area (Å²) in [6, 6.07) is 3.40. The van der Waals surface area contributed by atoms with Crippen LogP contribution in [-0.4, -0.2) is 29.4 Å². The number of benzene rings is 1. The fourth-order valence-corrected chi connectivity index (χ4v) is 2.90. The van der Waals surface area contributed by atoms with E-state index in [9.17, 15) is 14.4 Å². The Bertz CT molecular complexity index is 838. The molecular formula is C17H19N3O4. The Morgan fingerprint density at radius 2 is 2.12 bits per heavy atom. The van der Waals surface area contributed by atoms with Crippen LogP contribution in [0, 0.1) is 6.92 Å². The normalized spacial score (nSPS) is 14.6. The lowest BCUT2D eigenvalue weighted by Gasteiger charge is -2.14. The summed E-state index contributed by atoms with van der Waals surface area (Å²) in [6.45, 7) is 6.09. The van der Waals surface area contributed by atoms with Gasteiger partial charge in [-0.1, -0.05) is 13.8 Å². The largest absolute Gasteiger partial charge is 0.464 e.